The van der Waals surface area contributed by atoms with Crippen molar-refractivity contribution in [2.75, 3.05) is 6.54 Å². The Morgan fingerprint density at radius 2 is 2.33 bits per heavy atom. The molecule has 0 radical (unpaired) electrons. The Morgan fingerprint density at radius 3 is 3.05 bits per heavy atom. The maximum atomic E-state index is 12.7. The second-order valence-electron chi connectivity index (χ2n) is 5.41. The molecule has 0 saturated carbocycles. The second kappa shape index (κ2) is 6.16. The van der Waals surface area contributed by atoms with E-state index >= 15 is 0 Å². The van der Waals surface area contributed by atoms with Gasteiger partial charge in [0.15, 0.2) is 5.69 Å². The fourth-order valence-electron chi connectivity index (χ4n) is 2.86. The molecule has 2 aromatic rings. The van der Waals surface area contributed by atoms with E-state index < -0.39 is 0 Å². The molecule has 2 aromatic heterocycles. The van der Waals surface area contributed by atoms with Gasteiger partial charge in [0, 0.05) is 19.0 Å². The molecule has 21 heavy (non-hydrogen) atoms. The Labute approximate surface area is 123 Å². The quantitative estimate of drug-likeness (QED) is 0.866. The fourth-order valence-corrected chi connectivity index (χ4v) is 2.86. The third kappa shape index (κ3) is 2.86. The molecule has 5 nitrogen and oxygen atoms in total. The summed E-state index contributed by atoms with van der Waals surface area (Å²) in [5, 5.41) is 3.91. The van der Waals surface area contributed by atoms with E-state index in [0.717, 1.165) is 50.2 Å². The molecule has 3 heterocycles. The molecule has 1 aliphatic heterocycles. The molecular formula is C16H20N2O3. The van der Waals surface area contributed by atoms with Crippen molar-refractivity contribution < 1.29 is 13.7 Å². The molecule has 0 aromatic carbocycles. The lowest BCUT2D eigenvalue weighted by molar-refractivity contribution is 0.0648. The minimum absolute atomic E-state index is 0.00298. The van der Waals surface area contributed by atoms with Crippen molar-refractivity contribution in [2.24, 2.45) is 0 Å². The summed E-state index contributed by atoms with van der Waals surface area (Å²) in [6.45, 7) is 2.71. The Bertz CT molecular complexity index is 588. The summed E-state index contributed by atoms with van der Waals surface area (Å²) in [6.07, 6.45) is 6.59. The van der Waals surface area contributed by atoms with Crippen LogP contribution < -0.4 is 0 Å². The maximum Gasteiger partial charge on any atom is 0.276 e. The SMILES string of the molecule is CCc1cc(C(=O)N2CCCCCC2c2ccco2)no1. The molecule has 1 aliphatic rings. The van der Waals surface area contributed by atoms with Crippen molar-refractivity contribution in [1.29, 1.82) is 0 Å². The Kier molecular flexibility index (Phi) is 4.08. The number of amides is 1. The first-order valence-corrected chi connectivity index (χ1v) is 7.59. The van der Waals surface area contributed by atoms with Gasteiger partial charge in [0.05, 0.1) is 12.3 Å². The zero-order valence-corrected chi connectivity index (χ0v) is 12.2. The highest BCUT2D eigenvalue weighted by molar-refractivity contribution is 5.92. The summed E-state index contributed by atoms with van der Waals surface area (Å²) in [4.78, 5) is 14.6. The van der Waals surface area contributed by atoms with Crippen molar-refractivity contribution in [3.05, 3.63) is 41.7 Å². The van der Waals surface area contributed by atoms with Crippen molar-refractivity contribution in [2.45, 2.75) is 45.1 Å². The van der Waals surface area contributed by atoms with Gasteiger partial charge in [-0.15, -0.1) is 0 Å². The van der Waals surface area contributed by atoms with Crippen LogP contribution in [-0.4, -0.2) is 22.5 Å². The van der Waals surface area contributed by atoms with E-state index in [4.69, 9.17) is 8.94 Å². The minimum atomic E-state index is -0.0678. The van der Waals surface area contributed by atoms with E-state index in [-0.39, 0.29) is 11.9 Å². The number of nitrogens with zero attached hydrogens (tertiary/aromatic N) is 2. The smallest absolute Gasteiger partial charge is 0.276 e. The third-order valence-corrected chi connectivity index (χ3v) is 4.01. The molecule has 1 saturated heterocycles. The molecule has 3 rings (SSSR count). The van der Waals surface area contributed by atoms with E-state index in [2.05, 4.69) is 5.16 Å². The number of aromatic nitrogens is 1. The van der Waals surface area contributed by atoms with Gasteiger partial charge in [-0.25, -0.2) is 0 Å². The molecular weight excluding hydrogens is 268 g/mol. The third-order valence-electron chi connectivity index (χ3n) is 4.01. The second-order valence-corrected chi connectivity index (χ2v) is 5.41. The molecule has 1 fully saturated rings. The average Bonchev–Trinajstić information content (AvgIpc) is 3.14. The van der Waals surface area contributed by atoms with E-state index in [1.807, 2.05) is 24.0 Å². The van der Waals surface area contributed by atoms with Crippen LogP contribution in [-0.2, 0) is 6.42 Å². The van der Waals surface area contributed by atoms with Crippen LogP contribution in [0.1, 0.15) is 60.7 Å². The van der Waals surface area contributed by atoms with Crippen LogP contribution in [0.4, 0.5) is 0 Å². The lowest BCUT2D eigenvalue weighted by Gasteiger charge is -2.27. The van der Waals surface area contributed by atoms with Crippen molar-refractivity contribution in [3.63, 3.8) is 0 Å². The van der Waals surface area contributed by atoms with Gasteiger partial charge in [-0.2, -0.15) is 0 Å². The summed E-state index contributed by atoms with van der Waals surface area (Å²) in [7, 11) is 0. The predicted molar refractivity (Wildman–Crippen MR) is 76.8 cm³/mol. The fraction of sp³-hybridized carbons (Fsp3) is 0.500. The first kappa shape index (κ1) is 13.9. The van der Waals surface area contributed by atoms with Crippen LogP contribution in [0.2, 0.25) is 0 Å². The van der Waals surface area contributed by atoms with Gasteiger partial charge in [0.2, 0.25) is 0 Å². The number of hydrogen-bond donors (Lipinski definition) is 0. The molecule has 1 amide bonds. The van der Waals surface area contributed by atoms with Gasteiger partial charge in [-0.05, 0) is 25.0 Å². The number of likely N-dealkylation sites (tertiary alicyclic amines) is 1. The summed E-state index contributed by atoms with van der Waals surface area (Å²) in [5.41, 5.74) is 0.394. The molecule has 5 heteroatoms. The molecule has 0 aliphatic carbocycles. The van der Waals surface area contributed by atoms with E-state index in [1.54, 1.807) is 12.3 Å². The van der Waals surface area contributed by atoms with Crippen LogP contribution in [0, 0.1) is 0 Å². The zero-order valence-electron chi connectivity index (χ0n) is 12.2. The van der Waals surface area contributed by atoms with Gasteiger partial charge in [0.1, 0.15) is 11.5 Å². The topological polar surface area (TPSA) is 59.5 Å². The van der Waals surface area contributed by atoms with Crippen molar-refractivity contribution >= 4 is 5.91 Å². The van der Waals surface area contributed by atoms with E-state index in [0.29, 0.717) is 5.69 Å². The number of hydrogen-bond acceptors (Lipinski definition) is 4. The van der Waals surface area contributed by atoms with Gasteiger partial charge in [-0.1, -0.05) is 24.9 Å². The molecule has 0 bridgehead atoms. The number of aryl methyl sites for hydroxylation is 1. The summed E-state index contributed by atoms with van der Waals surface area (Å²) in [5.74, 6) is 1.52. The van der Waals surface area contributed by atoms with Crippen LogP contribution in [0.5, 0.6) is 0 Å². The summed E-state index contributed by atoms with van der Waals surface area (Å²) < 4.78 is 10.7. The van der Waals surface area contributed by atoms with Crippen LogP contribution in [0.3, 0.4) is 0 Å². The van der Waals surface area contributed by atoms with Crippen LogP contribution in [0.25, 0.3) is 0 Å². The highest BCUT2D eigenvalue weighted by Crippen LogP contribution is 2.31. The van der Waals surface area contributed by atoms with E-state index in [9.17, 15) is 4.79 Å². The molecule has 112 valence electrons. The Balaban J connectivity index is 1.86. The van der Waals surface area contributed by atoms with Gasteiger partial charge < -0.3 is 13.8 Å². The molecule has 1 atom stereocenters. The highest BCUT2D eigenvalue weighted by Gasteiger charge is 2.30. The Hall–Kier alpha value is -2.04. The summed E-state index contributed by atoms with van der Waals surface area (Å²) in [6, 6.07) is 5.55. The number of furan rings is 1. The lowest BCUT2D eigenvalue weighted by atomic mass is 10.1. The van der Waals surface area contributed by atoms with E-state index in [1.165, 1.54) is 0 Å². The first-order chi connectivity index (χ1) is 10.3. The van der Waals surface area contributed by atoms with Crippen LogP contribution >= 0.6 is 0 Å². The lowest BCUT2D eigenvalue weighted by Crippen LogP contribution is -2.34. The van der Waals surface area contributed by atoms with Crippen molar-refractivity contribution in [1.82, 2.24) is 10.1 Å². The monoisotopic (exact) mass is 288 g/mol. The zero-order chi connectivity index (χ0) is 14.7. The maximum absolute atomic E-state index is 12.7. The number of carbonyl (C=O) groups excluding carboxylic acids is 1. The number of rotatable bonds is 3. The van der Waals surface area contributed by atoms with Gasteiger partial charge in [0.25, 0.3) is 5.91 Å². The Morgan fingerprint density at radius 1 is 1.43 bits per heavy atom. The summed E-state index contributed by atoms with van der Waals surface area (Å²) >= 11 is 0. The van der Waals surface area contributed by atoms with Crippen LogP contribution in [0.15, 0.2) is 33.4 Å². The molecule has 0 N–H and O–H groups in total. The largest absolute Gasteiger partial charge is 0.467 e. The van der Waals surface area contributed by atoms with Crippen molar-refractivity contribution in [3.8, 4) is 0 Å². The normalized spacial score (nSPS) is 19.5. The standard InChI is InChI=1S/C16H20N2O3/c1-2-12-11-13(17-21-12)16(19)18-9-5-3-4-7-14(18)15-8-6-10-20-15/h6,8,10-11,14H,2-5,7,9H2,1H3. The van der Waals surface area contributed by atoms with Gasteiger partial charge in [-0.3, -0.25) is 4.79 Å². The van der Waals surface area contributed by atoms with Gasteiger partial charge >= 0.3 is 0 Å². The number of carbonyl (C=O) groups is 1. The first-order valence-electron chi connectivity index (χ1n) is 7.59. The molecule has 1 unspecified atom stereocenters. The molecule has 0 spiro atoms. The highest BCUT2D eigenvalue weighted by atomic mass is 16.5. The average molecular weight is 288 g/mol. The minimum Gasteiger partial charge on any atom is -0.467 e. The predicted octanol–water partition coefficient (Wildman–Crippen LogP) is 3.59.